The predicted octanol–water partition coefficient (Wildman–Crippen LogP) is 5.63. The lowest BCUT2D eigenvalue weighted by atomic mass is 9.86. The fourth-order valence-corrected chi connectivity index (χ4v) is 7.18. The van der Waals surface area contributed by atoms with E-state index >= 15 is 0 Å². The molecule has 2 heterocycles. The van der Waals surface area contributed by atoms with E-state index in [1.54, 1.807) is 26.1 Å². The molecule has 2 fully saturated rings. The van der Waals surface area contributed by atoms with Gasteiger partial charge in [-0.3, -0.25) is 5.10 Å². The number of aromatic amines is 1. The van der Waals surface area contributed by atoms with Gasteiger partial charge in [0.25, 0.3) is 0 Å². The third-order valence-electron chi connectivity index (χ3n) is 6.99. The summed E-state index contributed by atoms with van der Waals surface area (Å²) in [6.45, 7) is 3.38. The quantitative estimate of drug-likeness (QED) is 0.297. The van der Waals surface area contributed by atoms with Gasteiger partial charge in [-0.25, -0.2) is 18.2 Å². The molecule has 11 heteroatoms. The van der Waals surface area contributed by atoms with E-state index in [1.165, 1.54) is 24.2 Å². The van der Waals surface area contributed by atoms with Gasteiger partial charge >= 0.3 is 6.09 Å². The Morgan fingerprint density at radius 2 is 1.83 bits per heavy atom. The van der Waals surface area contributed by atoms with Gasteiger partial charge in [0.2, 0.25) is 0 Å². The van der Waals surface area contributed by atoms with E-state index in [0.717, 1.165) is 41.3 Å². The van der Waals surface area contributed by atoms with Gasteiger partial charge in [-0.15, -0.1) is 11.3 Å². The van der Waals surface area contributed by atoms with Crippen molar-refractivity contribution in [1.82, 2.24) is 20.5 Å². The molecule has 0 bridgehead atoms. The molecule has 0 unspecified atom stereocenters. The minimum atomic E-state index is -3.56. The Bertz CT molecular complexity index is 1350. The van der Waals surface area contributed by atoms with Crippen molar-refractivity contribution in [2.24, 2.45) is 0 Å². The normalized spacial score (nSPS) is 20.4. The number of sulfone groups is 1. The highest BCUT2D eigenvalue weighted by atomic mass is 32.2. The average Bonchev–Trinajstić information content (AvgIpc) is 3.39. The van der Waals surface area contributed by atoms with E-state index in [0.29, 0.717) is 23.0 Å². The maximum atomic E-state index is 13.3. The van der Waals surface area contributed by atoms with Crippen LogP contribution in [0.25, 0.3) is 10.4 Å². The molecule has 2 aliphatic rings. The number of thiazole rings is 1. The Labute approximate surface area is 214 Å². The van der Waals surface area contributed by atoms with Crippen LogP contribution in [0.2, 0.25) is 0 Å². The number of rotatable bonds is 8. The third kappa shape index (κ3) is 5.27. The monoisotopic (exact) mass is 529 g/mol. The molecule has 192 valence electrons. The summed E-state index contributed by atoms with van der Waals surface area (Å²) in [6.07, 6.45) is 6.37. The van der Waals surface area contributed by atoms with Crippen LogP contribution >= 0.6 is 11.3 Å². The Balaban J connectivity index is 1.39. The van der Waals surface area contributed by atoms with Crippen molar-refractivity contribution in [3.63, 3.8) is 0 Å². The molecule has 9 nitrogen and oxygen atoms in total. The summed E-state index contributed by atoms with van der Waals surface area (Å²) in [5, 5.41) is 22.6. The highest BCUT2D eigenvalue weighted by molar-refractivity contribution is 7.92. The zero-order valence-corrected chi connectivity index (χ0v) is 22.0. The van der Waals surface area contributed by atoms with Gasteiger partial charge in [0, 0.05) is 47.1 Å². The number of carboxylic acid groups (broad SMARTS) is 1. The van der Waals surface area contributed by atoms with Crippen LogP contribution in [-0.2, 0) is 9.84 Å². The number of amides is 1. The Morgan fingerprint density at radius 1 is 1.11 bits per heavy atom. The molecule has 0 radical (unpaired) electrons. The summed E-state index contributed by atoms with van der Waals surface area (Å²) >= 11 is 1.52. The highest BCUT2D eigenvalue weighted by Gasteiger charge is 2.29. The maximum Gasteiger partial charge on any atom is 0.404 e. The van der Waals surface area contributed by atoms with Gasteiger partial charge in [0.05, 0.1) is 20.0 Å². The van der Waals surface area contributed by atoms with Crippen LogP contribution in [0.15, 0.2) is 35.4 Å². The van der Waals surface area contributed by atoms with E-state index in [1.807, 2.05) is 18.2 Å². The van der Waals surface area contributed by atoms with Crippen molar-refractivity contribution < 1.29 is 18.3 Å². The number of aromatic nitrogens is 3. The summed E-state index contributed by atoms with van der Waals surface area (Å²) in [6, 6.07) is 7.38. The lowest BCUT2D eigenvalue weighted by molar-refractivity contribution is 0.185. The number of hydrogen-bond acceptors (Lipinski definition) is 7. The molecular formula is C25H31N5O4S2. The van der Waals surface area contributed by atoms with Crippen LogP contribution in [0.1, 0.15) is 74.9 Å². The predicted molar refractivity (Wildman–Crippen MR) is 140 cm³/mol. The fraction of sp³-hybridized carbons (Fsp3) is 0.480. The molecule has 0 spiro atoms. The van der Waals surface area contributed by atoms with Gasteiger partial charge in [-0.05, 0) is 64.5 Å². The van der Waals surface area contributed by atoms with Crippen molar-refractivity contribution in [2.75, 3.05) is 5.32 Å². The lowest BCUT2D eigenvalue weighted by Crippen LogP contribution is -2.36. The Morgan fingerprint density at radius 3 is 2.50 bits per heavy atom. The first-order valence-electron chi connectivity index (χ1n) is 12.4. The van der Waals surface area contributed by atoms with E-state index in [2.05, 4.69) is 25.8 Å². The molecule has 4 N–H and O–H groups in total. The number of nitrogens with one attached hydrogen (secondary N) is 3. The van der Waals surface area contributed by atoms with Gasteiger partial charge in [0.15, 0.2) is 15.7 Å². The second-order valence-corrected chi connectivity index (χ2v) is 13.5. The molecule has 2 aliphatic carbocycles. The van der Waals surface area contributed by atoms with Crippen LogP contribution < -0.4 is 10.6 Å². The van der Waals surface area contributed by atoms with Crippen LogP contribution in [0, 0.1) is 0 Å². The van der Waals surface area contributed by atoms with Gasteiger partial charge in [0.1, 0.15) is 0 Å². The van der Waals surface area contributed by atoms with Gasteiger partial charge in [-0.1, -0.05) is 6.07 Å². The number of anilines is 2. The van der Waals surface area contributed by atoms with Crippen molar-refractivity contribution in [3.05, 3.63) is 41.2 Å². The van der Waals surface area contributed by atoms with Crippen molar-refractivity contribution in [3.8, 4) is 10.4 Å². The molecule has 2 aromatic heterocycles. The standard InChI is InChI=1S/C25H31N5O4S2/c1-14(2)36(33,34)22-11-18(27-23-12-20(29-30-23)15-3-4-15)9-10-19(22)21-13-26-24(35-21)16-5-7-17(8-6-16)28-25(31)32/h9-17,28H,3-8H2,1-2H3,(H,31,32)(H2,27,29,30). The van der Waals surface area contributed by atoms with Crippen LogP contribution in [0.3, 0.4) is 0 Å². The molecule has 2 saturated carbocycles. The first-order chi connectivity index (χ1) is 17.2. The molecular weight excluding hydrogens is 498 g/mol. The minimum absolute atomic E-state index is 0.0177. The van der Waals surface area contributed by atoms with E-state index < -0.39 is 21.2 Å². The molecule has 0 saturated heterocycles. The second-order valence-electron chi connectivity index (χ2n) is 9.97. The number of nitrogens with zero attached hydrogens (tertiary/aromatic N) is 2. The van der Waals surface area contributed by atoms with Crippen LogP contribution in [0.4, 0.5) is 16.3 Å². The number of H-pyrrole nitrogens is 1. The van der Waals surface area contributed by atoms with Crippen molar-refractivity contribution in [1.29, 1.82) is 0 Å². The molecule has 36 heavy (non-hydrogen) atoms. The summed E-state index contributed by atoms with van der Waals surface area (Å²) in [5.41, 5.74) is 2.43. The largest absolute Gasteiger partial charge is 0.465 e. The smallest absolute Gasteiger partial charge is 0.404 e. The number of carbonyl (C=O) groups is 1. The third-order valence-corrected chi connectivity index (χ3v) is 10.4. The number of hydrogen-bond donors (Lipinski definition) is 4. The molecule has 1 aromatic carbocycles. The Hall–Kier alpha value is -2.92. The Kier molecular flexibility index (Phi) is 6.78. The number of benzene rings is 1. The summed E-state index contributed by atoms with van der Waals surface area (Å²) < 4.78 is 26.7. The van der Waals surface area contributed by atoms with E-state index in [-0.39, 0.29) is 16.9 Å². The van der Waals surface area contributed by atoms with Crippen LogP contribution in [0.5, 0.6) is 0 Å². The first kappa shape index (κ1) is 24.8. The summed E-state index contributed by atoms with van der Waals surface area (Å²) in [4.78, 5) is 16.7. The fourth-order valence-electron chi connectivity index (χ4n) is 4.71. The highest BCUT2D eigenvalue weighted by Crippen LogP contribution is 2.42. The molecule has 0 atom stereocenters. The lowest BCUT2D eigenvalue weighted by Gasteiger charge is -2.27. The zero-order valence-electron chi connectivity index (χ0n) is 20.3. The summed E-state index contributed by atoms with van der Waals surface area (Å²) in [7, 11) is -3.56. The zero-order chi connectivity index (χ0) is 25.4. The van der Waals surface area contributed by atoms with Gasteiger partial charge in [-0.2, -0.15) is 5.10 Å². The first-order valence-corrected chi connectivity index (χ1v) is 14.7. The molecule has 1 amide bonds. The average molecular weight is 530 g/mol. The van der Waals surface area contributed by atoms with E-state index in [9.17, 15) is 13.2 Å². The van der Waals surface area contributed by atoms with Gasteiger partial charge < -0.3 is 15.7 Å². The molecule has 5 rings (SSSR count). The minimum Gasteiger partial charge on any atom is -0.465 e. The van der Waals surface area contributed by atoms with Crippen molar-refractivity contribution >= 4 is 38.8 Å². The summed E-state index contributed by atoms with van der Waals surface area (Å²) in [5.74, 6) is 1.48. The molecule has 3 aromatic rings. The topological polar surface area (TPSA) is 137 Å². The maximum absolute atomic E-state index is 13.3. The van der Waals surface area contributed by atoms with Crippen LogP contribution in [-0.4, -0.2) is 46.1 Å². The molecule has 0 aliphatic heterocycles. The SMILES string of the molecule is CC(C)S(=O)(=O)c1cc(Nc2cc(C3CC3)[nH]n2)ccc1-c1cnc(C2CCC(NC(=O)O)CC2)s1. The second kappa shape index (κ2) is 9.85. The van der Waals surface area contributed by atoms with Crippen molar-refractivity contribution in [2.45, 2.75) is 80.4 Å². The van der Waals surface area contributed by atoms with E-state index in [4.69, 9.17) is 5.11 Å².